The average molecular weight is 510 g/mol. The Hall–Kier alpha value is -2.33. The molecular weight excluding hydrogens is 488 g/mol. The van der Waals surface area contributed by atoms with Crippen LogP contribution in [0.15, 0.2) is 40.2 Å². The molecule has 31 heavy (non-hydrogen) atoms. The summed E-state index contributed by atoms with van der Waals surface area (Å²) in [4.78, 5) is 26.7. The number of amidine groups is 1. The molecule has 2 atom stereocenters. The largest absolute Gasteiger partial charge is 0.378 e. The number of rotatable bonds is 4. The van der Waals surface area contributed by atoms with Gasteiger partial charge in [0.1, 0.15) is 20.9 Å². The summed E-state index contributed by atoms with van der Waals surface area (Å²) in [6, 6.07) is 4.24. The second-order valence-electron chi connectivity index (χ2n) is 7.89. The molecule has 3 rings (SSSR count). The molecule has 10 heteroatoms. The number of nitrogens with zero attached hydrogens (tertiary/aromatic N) is 4. The molecule has 1 amide bonds. The third-order valence-corrected chi connectivity index (χ3v) is 6.44. The van der Waals surface area contributed by atoms with Crippen molar-refractivity contribution in [2.45, 2.75) is 30.6 Å². The van der Waals surface area contributed by atoms with Crippen LogP contribution in [0.4, 0.5) is 8.78 Å². The fourth-order valence-electron chi connectivity index (χ4n) is 3.68. The Balaban J connectivity index is 2.02. The quantitative estimate of drug-likeness (QED) is 0.661. The Bertz CT molecular complexity index is 1080. The van der Waals surface area contributed by atoms with Crippen molar-refractivity contribution < 1.29 is 13.6 Å². The van der Waals surface area contributed by atoms with Crippen molar-refractivity contribution in [1.29, 1.82) is 0 Å². The minimum atomic E-state index is -1.10. The van der Waals surface area contributed by atoms with Crippen LogP contribution < -0.4 is 5.73 Å². The van der Waals surface area contributed by atoms with Gasteiger partial charge in [-0.05, 0) is 53.5 Å². The van der Waals surface area contributed by atoms with E-state index < -0.39 is 21.9 Å². The minimum Gasteiger partial charge on any atom is -0.378 e. The number of nitrogens with two attached hydrogens (primary N) is 1. The Labute approximate surface area is 192 Å². The zero-order chi connectivity index (χ0) is 23.0. The first-order valence-corrected chi connectivity index (χ1v) is 11.0. The Morgan fingerprint density at radius 1 is 1.29 bits per heavy atom. The number of halogens is 3. The molecule has 2 aromatic rings. The molecule has 164 valence electrons. The maximum atomic E-state index is 14.9. The van der Waals surface area contributed by atoms with Crippen molar-refractivity contribution in [3.8, 4) is 0 Å². The summed E-state index contributed by atoms with van der Waals surface area (Å²) < 4.78 is 29.1. The van der Waals surface area contributed by atoms with Crippen LogP contribution in [0.2, 0.25) is 0 Å². The second-order valence-corrected chi connectivity index (χ2v) is 10.2. The van der Waals surface area contributed by atoms with E-state index in [9.17, 15) is 13.6 Å². The second kappa shape index (κ2) is 8.66. The predicted octanol–water partition coefficient (Wildman–Crippen LogP) is 4.36. The van der Waals surface area contributed by atoms with E-state index in [0.29, 0.717) is 10.2 Å². The number of aliphatic imine (C=N–C) groups is 1. The van der Waals surface area contributed by atoms with Gasteiger partial charge in [-0.1, -0.05) is 17.8 Å². The minimum absolute atomic E-state index is 0.0563. The molecule has 6 nitrogen and oxygen atoms in total. The van der Waals surface area contributed by atoms with Crippen molar-refractivity contribution in [2.24, 2.45) is 10.7 Å². The number of amides is 1. The molecule has 0 saturated heterocycles. The lowest BCUT2D eigenvalue weighted by Crippen LogP contribution is -2.49. The molecule has 0 bridgehead atoms. The molecule has 2 N–H and O–H groups in total. The maximum absolute atomic E-state index is 14.9. The highest BCUT2D eigenvalue weighted by molar-refractivity contribution is 9.10. The van der Waals surface area contributed by atoms with Crippen molar-refractivity contribution in [2.75, 3.05) is 14.1 Å². The number of thioether (sulfide) groups is 1. The highest BCUT2D eigenvalue weighted by Gasteiger charge is 2.48. The lowest BCUT2D eigenvalue weighted by Gasteiger charge is -2.41. The van der Waals surface area contributed by atoms with E-state index in [0.717, 1.165) is 11.8 Å². The van der Waals surface area contributed by atoms with Gasteiger partial charge in [0, 0.05) is 26.1 Å². The van der Waals surface area contributed by atoms with Gasteiger partial charge in [-0.25, -0.2) is 18.7 Å². The highest BCUT2D eigenvalue weighted by atomic mass is 79.9. The van der Waals surface area contributed by atoms with Gasteiger partial charge in [-0.2, -0.15) is 0 Å². The molecule has 0 saturated carbocycles. The van der Waals surface area contributed by atoms with Gasteiger partial charge in [0.05, 0.1) is 17.9 Å². The molecule has 1 aliphatic rings. The molecule has 1 aliphatic heterocycles. The molecular formula is C21H22BrF2N5OS. The molecule has 2 heterocycles. The third kappa shape index (κ3) is 4.95. The first-order valence-electron chi connectivity index (χ1n) is 9.35. The molecule has 0 fully saturated rings. The number of hydrogen-bond donors (Lipinski definition) is 1. The molecule has 0 radical (unpaired) electrons. The number of carbonyl (C=O) groups excluding carboxylic acids is 1. The van der Waals surface area contributed by atoms with Crippen LogP contribution in [-0.4, -0.2) is 44.8 Å². The van der Waals surface area contributed by atoms with Crippen molar-refractivity contribution in [1.82, 2.24) is 14.9 Å². The maximum Gasteiger partial charge on any atom is 0.238 e. The van der Waals surface area contributed by atoms with Crippen LogP contribution in [0, 0.1) is 5.82 Å². The number of benzene rings is 1. The molecule has 0 unspecified atom stereocenters. The molecule has 0 aliphatic carbocycles. The zero-order valence-electron chi connectivity index (χ0n) is 17.5. The Morgan fingerprint density at radius 2 is 2.00 bits per heavy atom. The predicted molar refractivity (Wildman–Crippen MR) is 123 cm³/mol. The standard InChI is InChI=1S/C21H22BrF2N5OS/c1-20(11-21(2,18(30)29(3)4)31-19(25)28-20)13-7-12(5-6-14(13)23)8-15(24)16-9-27-17(22)10-26-16/h5-10H,11H2,1-4H3,(H2,25,28)/b15-8-/t20-,21+/m0/s1. The molecule has 1 aromatic heterocycles. The van der Waals surface area contributed by atoms with E-state index in [2.05, 4.69) is 30.9 Å². The summed E-state index contributed by atoms with van der Waals surface area (Å²) in [5, 5.41) is 0.197. The zero-order valence-corrected chi connectivity index (χ0v) is 19.9. The van der Waals surface area contributed by atoms with Crippen molar-refractivity contribution in [3.63, 3.8) is 0 Å². The number of carbonyl (C=O) groups is 1. The Kier molecular flexibility index (Phi) is 6.52. The smallest absolute Gasteiger partial charge is 0.238 e. The van der Waals surface area contributed by atoms with Gasteiger partial charge < -0.3 is 10.6 Å². The van der Waals surface area contributed by atoms with Crippen LogP contribution in [-0.2, 0) is 10.3 Å². The van der Waals surface area contributed by atoms with Crippen LogP contribution in [0.5, 0.6) is 0 Å². The van der Waals surface area contributed by atoms with Gasteiger partial charge >= 0.3 is 0 Å². The van der Waals surface area contributed by atoms with E-state index in [1.165, 1.54) is 41.6 Å². The lowest BCUT2D eigenvalue weighted by molar-refractivity contribution is -0.131. The Morgan fingerprint density at radius 3 is 2.61 bits per heavy atom. The summed E-state index contributed by atoms with van der Waals surface area (Å²) in [6.45, 7) is 3.50. The van der Waals surface area contributed by atoms with E-state index in [4.69, 9.17) is 5.73 Å². The SMILES string of the molecule is CN(C)C(=O)[C@@]1(C)C[C@@](C)(c2cc(/C=C(\F)c3cnc(Br)cn3)ccc2F)N=C(N)S1. The van der Waals surface area contributed by atoms with Crippen LogP contribution in [0.3, 0.4) is 0 Å². The van der Waals surface area contributed by atoms with Gasteiger partial charge in [0.25, 0.3) is 0 Å². The fourth-order valence-corrected chi connectivity index (χ4v) is 5.21. The third-order valence-electron chi connectivity index (χ3n) is 4.96. The van der Waals surface area contributed by atoms with E-state index in [1.807, 2.05) is 0 Å². The summed E-state index contributed by atoms with van der Waals surface area (Å²) >= 11 is 4.32. The van der Waals surface area contributed by atoms with Gasteiger partial charge in [0.2, 0.25) is 5.91 Å². The van der Waals surface area contributed by atoms with Crippen LogP contribution in [0.1, 0.15) is 37.1 Å². The summed E-state index contributed by atoms with van der Waals surface area (Å²) in [5.74, 6) is -1.26. The molecule has 0 spiro atoms. The van der Waals surface area contributed by atoms with E-state index in [1.54, 1.807) is 27.9 Å². The summed E-state index contributed by atoms with van der Waals surface area (Å²) in [5.41, 5.74) is 5.66. The number of aromatic nitrogens is 2. The topological polar surface area (TPSA) is 84.5 Å². The van der Waals surface area contributed by atoms with E-state index >= 15 is 0 Å². The van der Waals surface area contributed by atoms with Crippen LogP contribution in [0.25, 0.3) is 11.9 Å². The highest BCUT2D eigenvalue weighted by Crippen LogP contribution is 2.46. The molecule has 1 aromatic carbocycles. The average Bonchev–Trinajstić information content (AvgIpc) is 2.68. The van der Waals surface area contributed by atoms with Gasteiger partial charge in [-0.15, -0.1) is 0 Å². The summed E-state index contributed by atoms with van der Waals surface area (Å²) in [6.07, 6.45) is 4.16. The monoisotopic (exact) mass is 509 g/mol. The van der Waals surface area contributed by atoms with Crippen molar-refractivity contribution >= 4 is 50.7 Å². The normalized spacial score (nSPS) is 24.0. The first-order chi connectivity index (χ1) is 14.4. The summed E-state index contributed by atoms with van der Waals surface area (Å²) in [7, 11) is 3.32. The fraction of sp³-hybridized carbons (Fsp3) is 0.333. The van der Waals surface area contributed by atoms with Crippen molar-refractivity contribution in [3.05, 3.63) is 57.8 Å². The van der Waals surface area contributed by atoms with Gasteiger partial charge in [0.15, 0.2) is 11.0 Å². The first kappa shape index (κ1) is 23.3. The lowest BCUT2D eigenvalue weighted by atomic mass is 9.82. The van der Waals surface area contributed by atoms with E-state index in [-0.39, 0.29) is 28.8 Å². The van der Waals surface area contributed by atoms with Crippen LogP contribution >= 0.6 is 27.7 Å². The number of hydrogen-bond acceptors (Lipinski definition) is 6. The van der Waals surface area contributed by atoms with Gasteiger partial charge in [-0.3, -0.25) is 9.79 Å².